The van der Waals surface area contributed by atoms with Gasteiger partial charge in [0.1, 0.15) is 0 Å². The molecule has 10 aromatic carbocycles. The van der Waals surface area contributed by atoms with Crippen LogP contribution >= 0.6 is 0 Å². The van der Waals surface area contributed by atoms with Gasteiger partial charge in [0.2, 0.25) is 11.4 Å². The number of hydrogen-bond acceptors (Lipinski definition) is 8. The van der Waals surface area contributed by atoms with Crippen LogP contribution in [0.25, 0.3) is 52.1 Å². The minimum absolute atomic E-state index is 0.0351. The average molecular weight is 1580 g/mol. The number of unbranched alkanes of at least 4 members (excludes halogenated alkanes) is 11. The third-order valence-electron chi connectivity index (χ3n) is 19.1. The summed E-state index contributed by atoms with van der Waals surface area (Å²) in [4.78, 5) is 78.8. The van der Waals surface area contributed by atoms with Gasteiger partial charge in [0, 0.05) is 16.7 Å². The molecular formula is C106H107N5O8. The molecule has 10 rings (SSSR count). The summed E-state index contributed by atoms with van der Waals surface area (Å²) in [5, 5.41) is 0. The molecule has 0 saturated carbocycles. The Labute approximate surface area is 705 Å². The van der Waals surface area contributed by atoms with E-state index in [0.717, 1.165) is 120 Å². The van der Waals surface area contributed by atoms with Gasteiger partial charge in [0.15, 0.2) is 11.6 Å². The van der Waals surface area contributed by atoms with E-state index in [1.54, 1.807) is 0 Å². The lowest BCUT2D eigenvalue weighted by molar-refractivity contribution is -0.140. The molecular weight excluding hydrogens is 1470 g/mol. The quantitative estimate of drug-likeness (QED) is 0.0126. The highest BCUT2D eigenvalue weighted by Gasteiger charge is 2.25. The number of ketones is 2. The molecule has 0 radical (unpaired) electrons. The average Bonchev–Trinajstić information content (AvgIpc) is 0.861. The molecule has 604 valence electrons. The molecule has 0 amide bonds. The number of hydrogen-bond donors (Lipinski definition) is 0. The van der Waals surface area contributed by atoms with Gasteiger partial charge in [-0.1, -0.05) is 414 Å². The van der Waals surface area contributed by atoms with Gasteiger partial charge in [-0.25, -0.2) is 24.2 Å². The zero-order chi connectivity index (χ0) is 85.5. The highest BCUT2D eigenvalue weighted by Crippen LogP contribution is 2.34. The van der Waals surface area contributed by atoms with Crippen LogP contribution in [-0.2, 0) is 38.2 Å². The summed E-state index contributed by atoms with van der Waals surface area (Å²) < 4.78 is 16.4. The van der Waals surface area contributed by atoms with Crippen LogP contribution in [-0.4, -0.2) is 49.3 Å². The van der Waals surface area contributed by atoms with Crippen LogP contribution in [0.2, 0.25) is 0 Å². The molecule has 1 unspecified atom stereocenters. The van der Waals surface area contributed by atoms with Gasteiger partial charge >= 0.3 is 17.9 Å². The van der Waals surface area contributed by atoms with Gasteiger partial charge in [-0.15, -0.1) is 0 Å². The molecule has 119 heavy (non-hydrogen) atoms. The summed E-state index contributed by atoms with van der Waals surface area (Å²) in [6, 6.07) is 95.5. The van der Waals surface area contributed by atoms with Crippen molar-refractivity contribution < 1.29 is 38.2 Å². The zero-order valence-corrected chi connectivity index (χ0v) is 69.4. The van der Waals surface area contributed by atoms with Gasteiger partial charge in [-0.2, -0.15) is 0 Å². The maximum atomic E-state index is 12.8. The number of carbonyl (C=O) groups excluding carboxylic acids is 5. The lowest BCUT2D eigenvalue weighted by Gasteiger charge is -2.16. The maximum absolute atomic E-state index is 12.8. The number of Topliss-reactive ketones (excluding diaryl/α,β-unsaturated/α-hetero) is 2. The van der Waals surface area contributed by atoms with Crippen LogP contribution in [0.3, 0.4) is 0 Å². The number of rotatable bonds is 35. The molecule has 10 aromatic rings. The van der Waals surface area contributed by atoms with E-state index < -0.39 is 17.9 Å². The molecule has 0 N–H and O–H groups in total. The molecule has 13 nitrogen and oxygen atoms in total. The molecule has 1 atom stereocenters. The standard InChI is InChI=1S/C26H31NO2.C24H27NO2.C22H23NO2.2C17H13NO/c1-3-4-5-6-7-8-9-16-21-29-26(28)25(27-2)24(22-17-12-10-13-18-22)23-19-14-11-15-20-23;1-4-6-13-19(5-2)18-27-24(26)23(25-3)22(20-14-9-7-10-15-20)21-16-11-8-12-17-21;1-3-4-5-12-17-25-22(24)21(23-2)20(18-13-8-6-9-14-18)19-15-10-7-11-16-19;2*1-13(19)17(18-2)16(14-9-5-3-6-10-14)15-11-7-4-8-12-15/h10-15,17-20H,3-9,16,21H2,1H3;7-12,14-17,19H,4-6,13,18H2,1-2H3;6-11,13-16H,3-5,12,17H2,1H3;2*3-12H,1H3. The fraction of sp³-hybridized carbons (Fsp3) is 0.245. The van der Waals surface area contributed by atoms with E-state index in [2.05, 4.69) is 51.9 Å². The molecule has 0 fully saturated rings. The van der Waals surface area contributed by atoms with Crippen LogP contribution in [0.4, 0.5) is 0 Å². The number of allylic oxidation sites excluding steroid dienone is 2. The first-order valence-electron chi connectivity index (χ1n) is 40.9. The molecule has 0 bridgehead atoms. The van der Waals surface area contributed by atoms with Crippen molar-refractivity contribution in [3.63, 3.8) is 0 Å². The van der Waals surface area contributed by atoms with Crippen molar-refractivity contribution in [1.82, 2.24) is 0 Å². The van der Waals surface area contributed by atoms with Crippen molar-refractivity contribution in [2.45, 2.75) is 144 Å². The normalized spacial score (nSPS) is 10.2. The first kappa shape index (κ1) is 94.0. The van der Waals surface area contributed by atoms with E-state index in [-0.39, 0.29) is 40.1 Å². The second-order valence-electron chi connectivity index (χ2n) is 27.8. The molecule has 0 heterocycles. The molecule has 0 aliphatic heterocycles. The van der Waals surface area contributed by atoms with Crippen LogP contribution in [0, 0.1) is 38.8 Å². The number of ether oxygens (including phenoxy) is 3. The smallest absolute Gasteiger partial charge is 0.336 e. The Morgan fingerprint density at radius 1 is 0.252 bits per heavy atom. The van der Waals surface area contributed by atoms with Crippen molar-refractivity contribution in [2.75, 3.05) is 19.8 Å². The van der Waals surface area contributed by atoms with E-state index in [9.17, 15) is 24.0 Å². The monoisotopic (exact) mass is 1580 g/mol. The van der Waals surface area contributed by atoms with Gasteiger partial charge in [0.05, 0.1) is 52.7 Å². The summed E-state index contributed by atoms with van der Waals surface area (Å²) in [5.41, 5.74) is 12.3. The summed E-state index contributed by atoms with van der Waals surface area (Å²) in [7, 11) is 0. The summed E-state index contributed by atoms with van der Waals surface area (Å²) in [6.45, 7) is 49.9. The Bertz CT molecular complexity index is 4820. The summed E-state index contributed by atoms with van der Waals surface area (Å²) in [5.74, 6) is -1.70. The molecule has 0 aliphatic rings. The number of benzene rings is 10. The third kappa shape index (κ3) is 31.7. The van der Waals surface area contributed by atoms with Crippen molar-refractivity contribution >= 4 is 57.3 Å². The maximum Gasteiger partial charge on any atom is 0.336 e. The molecule has 0 aromatic heterocycles. The van der Waals surface area contributed by atoms with E-state index in [1.165, 1.54) is 52.4 Å². The van der Waals surface area contributed by atoms with E-state index in [1.807, 2.05) is 303 Å². The Morgan fingerprint density at radius 2 is 0.437 bits per heavy atom. The van der Waals surface area contributed by atoms with Gasteiger partial charge in [0.25, 0.3) is 17.1 Å². The second-order valence-corrected chi connectivity index (χ2v) is 27.8. The van der Waals surface area contributed by atoms with Gasteiger partial charge in [-0.05, 0) is 106 Å². The van der Waals surface area contributed by atoms with E-state index in [0.29, 0.717) is 53.6 Å². The van der Waals surface area contributed by atoms with E-state index >= 15 is 0 Å². The lowest BCUT2D eigenvalue weighted by atomic mass is 9.95. The topological polar surface area (TPSA) is 135 Å². The highest BCUT2D eigenvalue weighted by molar-refractivity contribution is 6.08. The van der Waals surface area contributed by atoms with Gasteiger partial charge < -0.3 is 23.8 Å². The van der Waals surface area contributed by atoms with Gasteiger partial charge in [-0.3, -0.25) is 14.4 Å². The number of carbonyl (C=O) groups is 5. The largest absolute Gasteiger partial charge is 0.471 e. The van der Waals surface area contributed by atoms with Crippen molar-refractivity contribution in [3.05, 3.63) is 445 Å². The number of nitrogens with zero attached hydrogens (tertiary/aromatic N) is 5. The summed E-state index contributed by atoms with van der Waals surface area (Å²) >= 11 is 0. The fourth-order valence-electron chi connectivity index (χ4n) is 12.9. The Hall–Kier alpha value is -13.9. The summed E-state index contributed by atoms with van der Waals surface area (Å²) in [6.07, 6.45) is 17.9. The third-order valence-corrected chi connectivity index (χ3v) is 19.1. The van der Waals surface area contributed by atoms with Crippen molar-refractivity contribution in [2.24, 2.45) is 5.92 Å². The zero-order valence-electron chi connectivity index (χ0n) is 69.4. The van der Waals surface area contributed by atoms with Crippen molar-refractivity contribution in [3.8, 4) is 0 Å². The minimum atomic E-state index is -0.547. The fourth-order valence-corrected chi connectivity index (χ4v) is 12.9. The van der Waals surface area contributed by atoms with Crippen LogP contribution in [0.5, 0.6) is 0 Å². The molecule has 0 saturated heterocycles. The second kappa shape index (κ2) is 55.6. The molecule has 0 aliphatic carbocycles. The Morgan fingerprint density at radius 3 is 0.630 bits per heavy atom. The van der Waals surface area contributed by atoms with Crippen LogP contribution < -0.4 is 0 Å². The van der Waals surface area contributed by atoms with Crippen LogP contribution in [0.1, 0.15) is 200 Å². The lowest BCUT2D eigenvalue weighted by Crippen LogP contribution is -2.15. The number of esters is 3. The van der Waals surface area contributed by atoms with Crippen molar-refractivity contribution in [1.29, 1.82) is 0 Å². The Balaban J connectivity index is 0.000000233. The molecule has 13 heteroatoms. The van der Waals surface area contributed by atoms with Crippen LogP contribution in [0.15, 0.2) is 332 Å². The predicted octanol–water partition coefficient (Wildman–Crippen LogP) is 26.6. The first-order chi connectivity index (χ1) is 58.2. The Kier molecular flexibility index (Phi) is 43.9. The first-order valence-corrected chi connectivity index (χ1v) is 40.9. The van der Waals surface area contributed by atoms with E-state index in [4.69, 9.17) is 47.1 Å². The highest BCUT2D eigenvalue weighted by atomic mass is 16.5. The predicted molar refractivity (Wildman–Crippen MR) is 482 cm³/mol. The minimum Gasteiger partial charge on any atom is -0.471 e. The SMILES string of the molecule is [C-]#[N+]C(C(=O)OCC(CC)CCCC)=C(c1ccccc1)c1ccccc1.[C-]#[N+]C(C(=O)OCCCCCC)=C(c1ccccc1)c1ccccc1.[C-]#[N+]C(C(=O)OCCCCCCCCCC)=C(c1ccccc1)c1ccccc1.[C-]#[N+]C(C(C)=O)=C(c1ccccc1)c1ccccc1.[C-]#[N+]C(C(C)=O)=C(c1ccccc1)c1ccccc1. The molecule has 0 spiro atoms.